The van der Waals surface area contributed by atoms with E-state index in [4.69, 9.17) is 11.6 Å². The summed E-state index contributed by atoms with van der Waals surface area (Å²) in [6, 6.07) is 4.48. The summed E-state index contributed by atoms with van der Waals surface area (Å²) >= 11 is 5.47. The van der Waals surface area contributed by atoms with Crippen LogP contribution in [0.1, 0.15) is 56.9 Å². The molecule has 4 rings (SSSR count). The van der Waals surface area contributed by atoms with Gasteiger partial charge in [-0.05, 0) is 50.3 Å². The zero-order valence-corrected chi connectivity index (χ0v) is 21.1. The van der Waals surface area contributed by atoms with Crippen molar-refractivity contribution in [3.05, 3.63) is 23.8 Å². The third-order valence-corrected chi connectivity index (χ3v) is 7.31. The number of rotatable bonds is 9. The lowest BCUT2D eigenvalue weighted by Crippen LogP contribution is -2.45. The van der Waals surface area contributed by atoms with Crippen molar-refractivity contribution >= 4 is 40.2 Å². The number of nitrogens with zero attached hydrogens (tertiary/aromatic N) is 3. The molecule has 36 heavy (non-hydrogen) atoms. The van der Waals surface area contributed by atoms with Gasteiger partial charge in [-0.25, -0.2) is 4.98 Å². The summed E-state index contributed by atoms with van der Waals surface area (Å²) in [6.07, 6.45) is 4.58. The van der Waals surface area contributed by atoms with E-state index in [0.717, 1.165) is 38.1 Å². The number of carbonyl (C=O) groups excluding carboxylic acids is 1. The lowest BCUT2D eigenvalue weighted by atomic mass is 9.92. The van der Waals surface area contributed by atoms with Gasteiger partial charge in [0.1, 0.15) is 11.7 Å². The van der Waals surface area contributed by atoms with Gasteiger partial charge in [0.25, 0.3) is 0 Å². The predicted molar refractivity (Wildman–Crippen MR) is 136 cm³/mol. The number of fused-ring (bicyclic) bond motifs is 1. The molecule has 0 radical (unpaired) electrons. The number of amides is 1. The van der Waals surface area contributed by atoms with Crippen molar-refractivity contribution in [2.75, 3.05) is 42.7 Å². The number of alkyl halides is 4. The largest absolute Gasteiger partial charge is 0.416 e. The maximum Gasteiger partial charge on any atom is 0.416 e. The highest BCUT2D eigenvalue weighted by Gasteiger charge is 2.31. The number of hydrogen-bond donors (Lipinski definition) is 3. The second-order valence-corrected chi connectivity index (χ2v) is 9.90. The molecule has 1 saturated heterocycles. The molecule has 1 aliphatic heterocycles. The van der Waals surface area contributed by atoms with Crippen LogP contribution in [0.2, 0.25) is 0 Å². The maximum absolute atomic E-state index is 13.3. The topological polar surface area (TPSA) is 82.2 Å². The van der Waals surface area contributed by atoms with Gasteiger partial charge in [0, 0.05) is 43.6 Å². The van der Waals surface area contributed by atoms with E-state index in [-0.39, 0.29) is 29.3 Å². The fraction of sp³-hybridized carbons (Fsp3) is 0.640. The SMILES string of the molecule is O=C(CCl)NCCCNc1nc(NC2CCN(C3CCCCC3)CC2)c2ccc(C(F)(F)F)cc2n1. The normalized spacial score (nSPS) is 18.3. The minimum atomic E-state index is -4.45. The molecule has 1 aliphatic carbocycles. The molecule has 0 spiro atoms. The van der Waals surface area contributed by atoms with Gasteiger partial charge in [0.2, 0.25) is 11.9 Å². The quantitative estimate of drug-likeness (QED) is 0.314. The minimum Gasteiger partial charge on any atom is -0.367 e. The molecule has 2 aliphatic rings. The van der Waals surface area contributed by atoms with E-state index in [1.54, 1.807) is 0 Å². The summed E-state index contributed by atoms with van der Waals surface area (Å²) in [6.45, 7) is 2.91. The second-order valence-electron chi connectivity index (χ2n) is 9.64. The van der Waals surface area contributed by atoms with Crippen LogP contribution in [0.4, 0.5) is 24.9 Å². The van der Waals surface area contributed by atoms with E-state index >= 15 is 0 Å². The number of likely N-dealkylation sites (tertiary alicyclic amines) is 1. The monoisotopic (exact) mass is 526 g/mol. The van der Waals surface area contributed by atoms with Crippen LogP contribution in [0.5, 0.6) is 0 Å². The molecule has 2 aromatic rings. The number of hydrogen-bond acceptors (Lipinski definition) is 6. The first kappa shape index (κ1) is 26.7. The molecule has 1 saturated carbocycles. The Kier molecular flexibility index (Phi) is 9.11. The Hall–Kier alpha value is -2.33. The highest BCUT2D eigenvalue weighted by molar-refractivity contribution is 6.27. The summed E-state index contributed by atoms with van der Waals surface area (Å²) in [5.41, 5.74) is -0.505. The number of piperidine rings is 1. The van der Waals surface area contributed by atoms with E-state index < -0.39 is 11.7 Å². The summed E-state index contributed by atoms with van der Waals surface area (Å²) in [5, 5.41) is 9.82. The van der Waals surface area contributed by atoms with E-state index in [1.807, 2.05) is 0 Å². The number of carbonyl (C=O) groups is 1. The molecular formula is C25H34ClF3N6O. The summed E-state index contributed by atoms with van der Waals surface area (Å²) < 4.78 is 40.0. The van der Waals surface area contributed by atoms with Gasteiger partial charge in [-0.1, -0.05) is 19.3 Å². The Morgan fingerprint density at radius 1 is 1.06 bits per heavy atom. The zero-order chi connectivity index (χ0) is 25.5. The third-order valence-electron chi connectivity index (χ3n) is 7.07. The van der Waals surface area contributed by atoms with Crippen LogP contribution in [0.3, 0.4) is 0 Å². The van der Waals surface area contributed by atoms with Crippen molar-refractivity contribution in [1.82, 2.24) is 20.2 Å². The number of nitrogens with one attached hydrogen (secondary N) is 3. The van der Waals surface area contributed by atoms with E-state index in [1.165, 1.54) is 38.2 Å². The number of aromatic nitrogens is 2. The predicted octanol–water partition coefficient (Wildman–Crippen LogP) is 5.01. The zero-order valence-electron chi connectivity index (χ0n) is 20.3. The average Bonchev–Trinajstić information content (AvgIpc) is 2.88. The van der Waals surface area contributed by atoms with Crippen LogP contribution >= 0.6 is 11.6 Å². The Balaban J connectivity index is 1.45. The first-order valence-electron chi connectivity index (χ1n) is 12.8. The second kappa shape index (κ2) is 12.3. The first-order valence-corrected chi connectivity index (χ1v) is 13.3. The highest BCUT2D eigenvalue weighted by atomic mass is 35.5. The van der Waals surface area contributed by atoms with Crippen LogP contribution in [-0.4, -0.2) is 64.9 Å². The number of anilines is 2. The molecule has 2 fully saturated rings. The summed E-state index contributed by atoms with van der Waals surface area (Å²) in [4.78, 5) is 22.8. The minimum absolute atomic E-state index is 0.0998. The van der Waals surface area contributed by atoms with E-state index in [0.29, 0.717) is 36.8 Å². The molecule has 0 atom stereocenters. The first-order chi connectivity index (χ1) is 17.3. The summed E-state index contributed by atoms with van der Waals surface area (Å²) in [7, 11) is 0. The van der Waals surface area contributed by atoms with Crippen LogP contribution in [0, 0.1) is 0 Å². The molecule has 7 nitrogen and oxygen atoms in total. The van der Waals surface area contributed by atoms with Gasteiger partial charge in [0.15, 0.2) is 0 Å². The maximum atomic E-state index is 13.3. The Morgan fingerprint density at radius 2 is 1.81 bits per heavy atom. The molecule has 0 unspecified atom stereocenters. The average molecular weight is 527 g/mol. The lowest BCUT2D eigenvalue weighted by molar-refractivity contribution is -0.137. The molecule has 198 valence electrons. The van der Waals surface area contributed by atoms with E-state index in [2.05, 4.69) is 30.8 Å². The lowest BCUT2D eigenvalue weighted by Gasteiger charge is -2.39. The fourth-order valence-corrected chi connectivity index (χ4v) is 5.20. The number of benzene rings is 1. The molecule has 1 aromatic heterocycles. The van der Waals surface area contributed by atoms with Gasteiger partial charge < -0.3 is 20.9 Å². The van der Waals surface area contributed by atoms with Gasteiger partial charge in [-0.15, -0.1) is 11.6 Å². The fourth-order valence-electron chi connectivity index (χ4n) is 5.11. The van der Waals surface area contributed by atoms with Gasteiger partial charge >= 0.3 is 6.18 Å². The Morgan fingerprint density at radius 3 is 2.50 bits per heavy atom. The number of halogens is 4. The Bertz CT molecular complexity index is 1020. The summed E-state index contributed by atoms with van der Waals surface area (Å²) in [5.74, 6) is 0.451. The molecule has 1 amide bonds. The van der Waals surface area contributed by atoms with Crippen LogP contribution in [0.25, 0.3) is 10.9 Å². The van der Waals surface area contributed by atoms with Crippen molar-refractivity contribution in [3.63, 3.8) is 0 Å². The van der Waals surface area contributed by atoms with Crippen molar-refractivity contribution < 1.29 is 18.0 Å². The van der Waals surface area contributed by atoms with Crippen LogP contribution < -0.4 is 16.0 Å². The van der Waals surface area contributed by atoms with Crippen LogP contribution in [-0.2, 0) is 11.0 Å². The third kappa shape index (κ3) is 7.12. The van der Waals surface area contributed by atoms with E-state index in [9.17, 15) is 18.0 Å². The Labute approximate surface area is 214 Å². The molecule has 1 aromatic carbocycles. The van der Waals surface area contributed by atoms with Crippen molar-refractivity contribution in [2.24, 2.45) is 0 Å². The van der Waals surface area contributed by atoms with Gasteiger partial charge in [-0.2, -0.15) is 18.2 Å². The standard InChI is InChI=1S/C25H34ClF3N6O/c26-16-22(36)30-11-4-12-31-24-33-21-15-17(25(27,28)29)7-8-20(21)23(34-24)32-18-9-13-35(14-10-18)19-5-2-1-3-6-19/h7-8,15,18-19H,1-6,9-14,16H2,(H,30,36)(H2,31,32,33,34). The van der Waals surface area contributed by atoms with Gasteiger partial charge in [0.05, 0.1) is 11.1 Å². The smallest absolute Gasteiger partial charge is 0.367 e. The van der Waals surface area contributed by atoms with Crippen molar-refractivity contribution in [2.45, 2.75) is 69.6 Å². The molecular weight excluding hydrogens is 493 g/mol. The molecule has 0 bridgehead atoms. The van der Waals surface area contributed by atoms with Crippen molar-refractivity contribution in [3.8, 4) is 0 Å². The van der Waals surface area contributed by atoms with Gasteiger partial charge in [-0.3, -0.25) is 4.79 Å². The van der Waals surface area contributed by atoms with Crippen LogP contribution in [0.15, 0.2) is 18.2 Å². The van der Waals surface area contributed by atoms with Crippen molar-refractivity contribution in [1.29, 1.82) is 0 Å². The molecule has 2 heterocycles. The molecule has 3 N–H and O–H groups in total. The molecule has 11 heteroatoms. The highest BCUT2D eigenvalue weighted by Crippen LogP contribution is 2.33.